The number of rotatable bonds is 3. The third-order valence-electron chi connectivity index (χ3n) is 5.19. The monoisotopic (exact) mass is 324 g/mol. The molecule has 0 N–H and O–H groups in total. The number of hydrogen-bond donors (Lipinski definition) is 0. The van der Waals surface area contributed by atoms with Crippen LogP contribution in [0.5, 0.6) is 0 Å². The average molecular weight is 324 g/mol. The molecule has 0 radical (unpaired) electrons. The van der Waals surface area contributed by atoms with Crippen LogP contribution in [0.3, 0.4) is 0 Å². The molecule has 1 saturated heterocycles. The second-order valence-electron chi connectivity index (χ2n) is 6.81. The third kappa shape index (κ3) is 2.96. The molecule has 2 aliphatic heterocycles. The quantitative estimate of drug-likeness (QED) is 0.869. The van der Waals surface area contributed by atoms with Gasteiger partial charge in [0.25, 0.3) is 0 Å². The molecular weight excluding hydrogens is 300 g/mol. The summed E-state index contributed by atoms with van der Waals surface area (Å²) < 4.78 is 2.14. The minimum Gasteiger partial charge on any atom is -0.340 e. The molecule has 5 heteroatoms. The zero-order valence-corrected chi connectivity index (χ0v) is 14.2. The molecule has 4 rings (SSSR count). The molecule has 0 atom stereocenters. The van der Waals surface area contributed by atoms with Gasteiger partial charge in [0.15, 0.2) is 0 Å². The molecule has 24 heavy (non-hydrogen) atoms. The number of carbonyl (C=O) groups excluding carboxylic acids is 1. The molecule has 126 valence electrons. The van der Waals surface area contributed by atoms with Crippen molar-refractivity contribution in [1.82, 2.24) is 19.6 Å². The molecule has 5 nitrogen and oxygen atoms in total. The lowest BCUT2D eigenvalue weighted by atomic mass is 10.0. The van der Waals surface area contributed by atoms with Crippen molar-refractivity contribution in [1.29, 1.82) is 0 Å². The topological polar surface area (TPSA) is 41.4 Å². The predicted molar refractivity (Wildman–Crippen MR) is 93.5 cm³/mol. The van der Waals surface area contributed by atoms with Gasteiger partial charge in [-0.25, -0.2) is 0 Å². The van der Waals surface area contributed by atoms with E-state index in [9.17, 15) is 4.79 Å². The van der Waals surface area contributed by atoms with Crippen molar-refractivity contribution in [3.05, 3.63) is 41.7 Å². The fraction of sp³-hybridized carbons (Fsp3) is 0.474. The number of aromatic nitrogens is 2. The zero-order chi connectivity index (χ0) is 16.5. The van der Waals surface area contributed by atoms with E-state index < -0.39 is 0 Å². The van der Waals surface area contributed by atoms with Crippen LogP contribution in [0.2, 0.25) is 0 Å². The van der Waals surface area contributed by atoms with Gasteiger partial charge in [0, 0.05) is 57.4 Å². The first-order valence-electron chi connectivity index (χ1n) is 8.82. The number of fused-ring (bicyclic) bond motifs is 1. The molecule has 3 heterocycles. The first-order valence-corrected chi connectivity index (χ1v) is 8.82. The lowest BCUT2D eigenvalue weighted by Gasteiger charge is -2.34. The molecule has 2 aromatic rings. The predicted octanol–water partition coefficient (Wildman–Crippen LogP) is 2.16. The summed E-state index contributed by atoms with van der Waals surface area (Å²) in [5.41, 5.74) is 5.28. The van der Waals surface area contributed by atoms with Gasteiger partial charge in [-0.1, -0.05) is 18.2 Å². The first kappa shape index (κ1) is 15.4. The highest BCUT2D eigenvalue weighted by molar-refractivity contribution is 5.73. The largest absolute Gasteiger partial charge is 0.340 e. The molecule has 1 amide bonds. The maximum Gasteiger partial charge on any atom is 0.219 e. The molecule has 1 aromatic carbocycles. The molecule has 2 aliphatic rings. The van der Waals surface area contributed by atoms with Gasteiger partial charge in [0.2, 0.25) is 5.91 Å². The minimum absolute atomic E-state index is 0.187. The first-order chi connectivity index (χ1) is 11.7. The Kier molecular flexibility index (Phi) is 4.10. The van der Waals surface area contributed by atoms with Crippen LogP contribution >= 0.6 is 0 Å². The van der Waals surface area contributed by atoms with Crippen LogP contribution in [0, 0.1) is 0 Å². The van der Waals surface area contributed by atoms with Crippen LogP contribution in [0.15, 0.2) is 30.5 Å². The van der Waals surface area contributed by atoms with Crippen molar-refractivity contribution in [2.45, 2.75) is 32.9 Å². The standard InChI is InChI=1S/C19H24N4O/c1-15(24)22-10-8-21(9-11-22)14-16-4-2-5-17(12-16)18-13-20-23-7-3-6-19(18)23/h2,4-5,12-13H,3,6-11,14H2,1H3. The van der Waals surface area contributed by atoms with Crippen LogP contribution in [-0.4, -0.2) is 51.7 Å². The molecular formula is C19H24N4O. The number of hydrogen-bond acceptors (Lipinski definition) is 3. The third-order valence-corrected chi connectivity index (χ3v) is 5.19. The van der Waals surface area contributed by atoms with E-state index in [2.05, 4.69) is 38.9 Å². The van der Waals surface area contributed by atoms with Gasteiger partial charge in [-0.3, -0.25) is 14.4 Å². The Labute approximate surface area is 142 Å². The number of amides is 1. The summed E-state index contributed by atoms with van der Waals surface area (Å²) in [6.45, 7) is 7.24. The van der Waals surface area contributed by atoms with E-state index in [4.69, 9.17) is 0 Å². The Bertz CT molecular complexity index is 744. The van der Waals surface area contributed by atoms with Crippen LogP contribution in [-0.2, 0) is 24.3 Å². The summed E-state index contributed by atoms with van der Waals surface area (Å²) in [7, 11) is 0. The highest BCUT2D eigenvalue weighted by atomic mass is 16.2. The van der Waals surface area contributed by atoms with Crippen molar-refractivity contribution >= 4 is 5.91 Å². The van der Waals surface area contributed by atoms with E-state index in [0.29, 0.717) is 0 Å². The Balaban J connectivity index is 1.46. The van der Waals surface area contributed by atoms with Gasteiger partial charge >= 0.3 is 0 Å². The minimum atomic E-state index is 0.187. The molecule has 0 saturated carbocycles. The van der Waals surface area contributed by atoms with Crippen molar-refractivity contribution in [2.24, 2.45) is 0 Å². The van der Waals surface area contributed by atoms with E-state index in [1.165, 1.54) is 28.8 Å². The summed E-state index contributed by atoms with van der Waals surface area (Å²) >= 11 is 0. The van der Waals surface area contributed by atoms with E-state index in [1.807, 2.05) is 11.1 Å². The average Bonchev–Trinajstić information content (AvgIpc) is 3.19. The SMILES string of the molecule is CC(=O)N1CCN(Cc2cccc(-c3cnn4c3CCC4)c2)CC1. The van der Waals surface area contributed by atoms with Gasteiger partial charge in [-0.2, -0.15) is 5.10 Å². The van der Waals surface area contributed by atoms with E-state index in [0.717, 1.165) is 45.7 Å². The lowest BCUT2D eigenvalue weighted by molar-refractivity contribution is -0.130. The van der Waals surface area contributed by atoms with E-state index in [1.54, 1.807) is 6.92 Å². The van der Waals surface area contributed by atoms with Crippen LogP contribution in [0.1, 0.15) is 24.6 Å². The Morgan fingerprint density at radius 3 is 2.79 bits per heavy atom. The number of nitrogens with zero attached hydrogens (tertiary/aromatic N) is 4. The molecule has 0 spiro atoms. The van der Waals surface area contributed by atoms with Crippen molar-refractivity contribution in [2.75, 3.05) is 26.2 Å². The Morgan fingerprint density at radius 2 is 2.00 bits per heavy atom. The van der Waals surface area contributed by atoms with Crippen LogP contribution in [0.25, 0.3) is 11.1 Å². The number of benzene rings is 1. The molecule has 0 unspecified atom stereocenters. The summed E-state index contributed by atoms with van der Waals surface area (Å²) in [6.07, 6.45) is 4.35. The Morgan fingerprint density at radius 1 is 1.17 bits per heavy atom. The molecule has 1 fully saturated rings. The van der Waals surface area contributed by atoms with Gasteiger partial charge in [0.05, 0.1) is 6.20 Å². The van der Waals surface area contributed by atoms with Crippen molar-refractivity contribution < 1.29 is 4.79 Å². The van der Waals surface area contributed by atoms with Gasteiger partial charge in [-0.05, 0) is 30.0 Å². The summed E-state index contributed by atoms with van der Waals surface area (Å²) in [5, 5.41) is 4.51. The lowest BCUT2D eigenvalue weighted by Crippen LogP contribution is -2.47. The van der Waals surface area contributed by atoms with E-state index in [-0.39, 0.29) is 5.91 Å². The van der Waals surface area contributed by atoms with Crippen molar-refractivity contribution in [3.8, 4) is 11.1 Å². The van der Waals surface area contributed by atoms with Crippen molar-refractivity contribution in [3.63, 3.8) is 0 Å². The van der Waals surface area contributed by atoms with E-state index >= 15 is 0 Å². The highest BCUT2D eigenvalue weighted by Crippen LogP contribution is 2.29. The zero-order valence-electron chi connectivity index (χ0n) is 14.2. The highest BCUT2D eigenvalue weighted by Gasteiger charge is 2.20. The maximum absolute atomic E-state index is 11.4. The summed E-state index contributed by atoms with van der Waals surface area (Å²) in [4.78, 5) is 15.8. The summed E-state index contributed by atoms with van der Waals surface area (Å²) in [5.74, 6) is 0.187. The fourth-order valence-corrected chi connectivity index (χ4v) is 3.82. The number of piperazine rings is 1. The van der Waals surface area contributed by atoms with Gasteiger partial charge in [0.1, 0.15) is 0 Å². The molecule has 1 aromatic heterocycles. The second kappa shape index (κ2) is 6.40. The summed E-state index contributed by atoms with van der Waals surface area (Å²) in [6, 6.07) is 8.83. The normalized spacial score (nSPS) is 18.0. The fourth-order valence-electron chi connectivity index (χ4n) is 3.82. The number of aryl methyl sites for hydroxylation is 1. The van der Waals surface area contributed by atoms with Crippen LogP contribution < -0.4 is 0 Å². The van der Waals surface area contributed by atoms with Gasteiger partial charge in [-0.15, -0.1) is 0 Å². The smallest absolute Gasteiger partial charge is 0.219 e. The van der Waals surface area contributed by atoms with Crippen LogP contribution in [0.4, 0.5) is 0 Å². The molecule has 0 bridgehead atoms. The molecule has 0 aliphatic carbocycles. The number of carbonyl (C=O) groups is 1. The maximum atomic E-state index is 11.4. The second-order valence-corrected chi connectivity index (χ2v) is 6.81. The Hall–Kier alpha value is -2.14. The van der Waals surface area contributed by atoms with Gasteiger partial charge < -0.3 is 4.90 Å².